The van der Waals surface area contributed by atoms with Crippen LogP contribution < -0.4 is 9.64 Å². The molecule has 0 spiro atoms. The average Bonchev–Trinajstić information content (AvgIpc) is 3.01. The zero-order valence-electron chi connectivity index (χ0n) is 17.1. The van der Waals surface area contributed by atoms with Gasteiger partial charge in [0.05, 0.1) is 22.8 Å². The molecule has 0 radical (unpaired) electrons. The van der Waals surface area contributed by atoms with Crippen LogP contribution in [0.15, 0.2) is 82.6 Å². The highest BCUT2D eigenvalue weighted by Crippen LogP contribution is 2.41. The SMILES string of the molecule is CCOc1ccc(N2C(=O)C(Sc3ccc(Cl)cc3)=C(c3ccc(C)cc3)C2=O)cc1. The number of halogens is 1. The number of thioether (sulfide) groups is 1. The van der Waals surface area contributed by atoms with Gasteiger partial charge in [0.2, 0.25) is 0 Å². The van der Waals surface area contributed by atoms with Crippen LogP contribution in [0.2, 0.25) is 5.02 Å². The van der Waals surface area contributed by atoms with Crippen LogP contribution in [-0.4, -0.2) is 18.4 Å². The second kappa shape index (κ2) is 9.00. The van der Waals surface area contributed by atoms with Gasteiger partial charge < -0.3 is 4.74 Å². The number of carbonyl (C=O) groups excluding carboxylic acids is 2. The van der Waals surface area contributed by atoms with Crippen molar-refractivity contribution in [1.29, 1.82) is 0 Å². The summed E-state index contributed by atoms with van der Waals surface area (Å²) < 4.78 is 5.47. The molecule has 0 aromatic heterocycles. The molecule has 2 amide bonds. The van der Waals surface area contributed by atoms with E-state index in [-0.39, 0.29) is 11.8 Å². The van der Waals surface area contributed by atoms with Crippen LogP contribution in [0.4, 0.5) is 5.69 Å². The Morgan fingerprint density at radius 2 is 1.52 bits per heavy atom. The topological polar surface area (TPSA) is 46.6 Å². The molecule has 0 bridgehead atoms. The molecular formula is C25H20ClNO3S. The van der Waals surface area contributed by atoms with E-state index in [1.165, 1.54) is 16.7 Å². The Morgan fingerprint density at radius 1 is 0.871 bits per heavy atom. The summed E-state index contributed by atoms with van der Waals surface area (Å²) in [6.07, 6.45) is 0. The maximum absolute atomic E-state index is 13.4. The summed E-state index contributed by atoms with van der Waals surface area (Å²) in [7, 11) is 0. The van der Waals surface area contributed by atoms with E-state index in [4.69, 9.17) is 16.3 Å². The van der Waals surface area contributed by atoms with E-state index in [0.717, 1.165) is 10.5 Å². The molecule has 1 aliphatic heterocycles. The van der Waals surface area contributed by atoms with Gasteiger partial charge in [0.15, 0.2) is 0 Å². The first-order valence-corrected chi connectivity index (χ1v) is 11.0. The fraction of sp³-hybridized carbons (Fsp3) is 0.120. The van der Waals surface area contributed by atoms with Crippen LogP contribution in [0.25, 0.3) is 5.57 Å². The van der Waals surface area contributed by atoms with E-state index in [2.05, 4.69) is 0 Å². The van der Waals surface area contributed by atoms with Crippen molar-refractivity contribution < 1.29 is 14.3 Å². The Balaban J connectivity index is 1.75. The number of carbonyl (C=O) groups is 2. The lowest BCUT2D eigenvalue weighted by molar-refractivity contribution is -0.119. The Kier molecular flexibility index (Phi) is 6.16. The van der Waals surface area contributed by atoms with E-state index < -0.39 is 0 Å². The lowest BCUT2D eigenvalue weighted by atomic mass is 10.0. The zero-order valence-corrected chi connectivity index (χ0v) is 18.7. The first-order valence-electron chi connectivity index (χ1n) is 9.84. The van der Waals surface area contributed by atoms with Gasteiger partial charge in [-0.25, -0.2) is 4.90 Å². The largest absolute Gasteiger partial charge is 0.494 e. The fourth-order valence-corrected chi connectivity index (χ4v) is 4.41. The number of aryl methyl sites for hydroxylation is 1. The minimum Gasteiger partial charge on any atom is -0.494 e. The highest BCUT2D eigenvalue weighted by atomic mass is 35.5. The normalized spacial score (nSPS) is 13.8. The van der Waals surface area contributed by atoms with Gasteiger partial charge in [0.25, 0.3) is 11.8 Å². The van der Waals surface area contributed by atoms with Crippen molar-refractivity contribution in [2.45, 2.75) is 18.7 Å². The van der Waals surface area contributed by atoms with E-state index >= 15 is 0 Å². The van der Waals surface area contributed by atoms with Crippen molar-refractivity contribution in [3.05, 3.63) is 93.9 Å². The molecule has 0 aliphatic carbocycles. The van der Waals surface area contributed by atoms with Crippen LogP contribution in [0.3, 0.4) is 0 Å². The van der Waals surface area contributed by atoms with Crippen LogP contribution in [0.5, 0.6) is 5.75 Å². The second-order valence-corrected chi connectivity index (χ2v) is 8.52. The molecule has 0 unspecified atom stereocenters. The van der Waals surface area contributed by atoms with Crippen molar-refractivity contribution in [3.63, 3.8) is 0 Å². The monoisotopic (exact) mass is 449 g/mol. The molecule has 3 aromatic rings. The van der Waals surface area contributed by atoms with Gasteiger partial charge in [-0.05, 0) is 67.9 Å². The number of ether oxygens (including phenoxy) is 1. The summed E-state index contributed by atoms with van der Waals surface area (Å²) in [4.78, 5) is 29.3. The van der Waals surface area contributed by atoms with E-state index in [1.54, 1.807) is 36.4 Å². The maximum Gasteiger partial charge on any atom is 0.272 e. The zero-order chi connectivity index (χ0) is 22.0. The van der Waals surface area contributed by atoms with Crippen LogP contribution in [-0.2, 0) is 9.59 Å². The Bertz CT molecular complexity index is 1150. The third-order valence-electron chi connectivity index (χ3n) is 4.82. The number of benzene rings is 3. The molecule has 6 heteroatoms. The van der Waals surface area contributed by atoms with Gasteiger partial charge >= 0.3 is 0 Å². The lowest BCUT2D eigenvalue weighted by Crippen LogP contribution is -2.31. The van der Waals surface area contributed by atoms with Crippen LogP contribution in [0.1, 0.15) is 18.1 Å². The fourth-order valence-electron chi connectivity index (χ4n) is 3.29. The minimum absolute atomic E-state index is 0.338. The Morgan fingerprint density at radius 3 is 2.13 bits per heavy atom. The van der Waals surface area contributed by atoms with Crippen molar-refractivity contribution in [1.82, 2.24) is 0 Å². The number of rotatable bonds is 6. The standard InChI is InChI=1S/C25H20ClNO3S/c1-3-30-20-12-10-19(11-13-20)27-24(28)22(17-6-4-16(2)5-7-17)23(25(27)29)31-21-14-8-18(26)9-15-21/h4-15H,3H2,1-2H3. The van der Waals surface area contributed by atoms with Gasteiger partial charge in [0, 0.05) is 9.92 Å². The highest BCUT2D eigenvalue weighted by Gasteiger charge is 2.40. The minimum atomic E-state index is -0.343. The van der Waals surface area contributed by atoms with Gasteiger partial charge in [-0.3, -0.25) is 9.59 Å². The first kappa shape index (κ1) is 21.2. The Hall–Kier alpha value is -3.02. The number of nitrogens with zero attached hydrogens (tertiary/aromatic N) is 1. The quantitative estimate of drug-likeness (QED) is 0.425. The molecule has 4 nitrogen and oxygen atoms in total. The molecule has 0 atom stereocenters. The molecule has 0 fully saturated rings. The molecule has 4 rings (SSSR count). The summed E-state index contributed by atoms with van der Waals surface area (Å²) in [5.41, 5.74) is 2.71. The number of imide groups is 1. The number of hydrogen-bond acceptors (Lipinski definition) is 4. The number of anilines is 1. The van der Waals surface area contributed by atoms with Crippen LogP contribution in [0, 0.1) is 6.92 Å². The second-order valence-electron chi connectivity index (χ2n) is 7.00. The van der Waals surface area contributed by atoms with Crippen molar-refractivity contribution in [3.8, 4) is 5.75 Å². The lowest BCUT2D eigenvalue weighted by Gasteiger charge is -2.16. The molecule has 31 heavy (non-hydrogen) atoms. The summed E-state index contributed by atoms with van der Waals surface area (Å²) in [6.45, 7) is 4.43. The van der Waals surface area contributed by atoms with Gasteiger partial charge in [-0.2, -0.15) is 0 Å². The summed E-state index contributed by atoms with van der Waals surface area (Å²) in [5.74, 6) is 0.00647. The molecule has 3 aromatic carbocycles. The van der Waals surface area contributed by atoms with E-state index in [0.29, 0.717) is 39.1 Å². The Labute approximate surface area is 190 Å². The molecular weight excluding hydrogens is 430 g/mol. The first-order chi connectivity index (χ1) is 15.0. The number of hydrogen-bond donors (Lipinski definition) is 0. The summed E-state index contributed by atoms with van der Waals surface area (Å²) >= 11 is 7.27. The molecule has 0 saturated carbocycles. The summed E-state index contributed by atoms with van der Waals surface area (Å²) in [6, 6.07) is 21.8. The molecule has 156 valence electrons. The van der Waals surface area contributed by atoms with Crippen molar-refractivity contribution in [2.75, 3.05) is 11.5 Å². The van der Waals surface area contributed by atoms with E-state index in [9.17, 15) is 9.59 Å². The molecule has 0 N–H and O–H groups in total. The molecule has 1 heterocycles. The molecule has 1 aliphatic rings. The predicted molar refractivity (Wildman–Crippen MR) is 126 cm³/mol. The van der Waals surface area contributed by atoms with Crippen LogP contribution >= 0.6 is 23.4 Å². The van der Waals surface area contributed by atoms with Crippen molar-refractivity contribution >= 4 is 46.4 Å². The highest BCUT2D eigenvalue weighted by molar-refractivity contribution is 8.04. The number of amides is 2. The predicted octanol–water partition coefficient (Wildman–Crippen LogP) is 6.12. The van der Waals surface area contributed by atoms with E-state index in [1.807, 2.05) is 50.2 Å². The average molecular weight is 450 g/mol. The van der Waals surface area contributed by atoms with Gasteiger partial charge in [-0.15, -0.1) is 0 Å². The smallest absolute Gasteiger partial charge is 0.272 e. The van der Waals surface area contributed by atoms with Gasteiger partial charge in [-0.1, -0.05) is 53.2 Å². The van der Waals surface area contributed by atoms with Gasteiger partial charge in [0.1, 0.15) is 5.75 Å². The third kappa shape index (κ3) is 4.38. The van der Waals surface area contributed by atoms with Crippen molar-refractivity contribution in [2.24, 2.45) is 0 Å². The maximum atomic E-state index is 13.4. The summed E-state index contributed by atoms with van der Waals surface area (Å²) in [5, 5.41) is 0.613. The molecule has 0 saturated heterocycles. The third-order valence-corrected chi connectivity index (χ3v) is 6.16.